The first-order valence-electron chi connectivity index (χ1n) is 49.1. The molecule has 5 unspecified atom stereocenters. The molecule has 0 bridgehead atoms. The van der Waals surface area contributed by atoms with Gasteiger partial charge in [-0.15, -0.1) is 0 Å². The number of allylic oxidation sites excluding steroid dienone is 24. The molecule has 16 nitrogen and oxygen atoms in total. The number of aliphatic hydroxyl groups excluding tert-OH is 2. The Labute approximate surface area is 740 Å². The van der Waals surface area contributed by atoms with Gasteiger partial charge in [-0.1, -0.05) is 411 Å². The molecular weight excluding hydrogens is 1560 g/mol. The van der Waals surface area contributed by atoms with E-state index in [1.807, 2.05) is 0 Å². The summed E-state index contributed by atoms with van der Waals surface area (Å²) in [5.74, 6) is -1.57. The van der Waals surface area contributed by atoms with Gasteiger partial charge in [0.1, 0.15) is 25.4 Å². The maximum atomic E-state index is 13.1. The van der Waals surface area contributed by atoms with E-state index >= 15 is 0 Å². The standard InChI is InChI=1S/C103H180O16P2/c1-4-7-10-13-16-19-22-25-28-31-34-36-38-40-42-44-46-47-48-49-51-53-54-56-58-60-63-65-68-71-74-77-80-83-86-89-101(106)113-92-98(104)93-115-120(109,110)116-94-99(105)95-117-121(111,112)118-97-100(119-103(108)91-88-85-82-79-76-73-70-67-62-33-30-27-24-21-18-15-12-9-6-3)96-114-102(107)90-87-84-81-78-75-72-69-66-64-61-59-57-55-52-50-45-43-41-39-37-35-32-29-26-23-20-17-14-11-8-5-2/h7,10,16-21,25-30,34-37,40-43,62,67,98-100,104-105H,4-6,8-9,11-15,22-24,31-33,38-39,44-61,63-66,68-97H2,1-3H3,(H,109,110)(H,111,112)/b10-7-,19-16-,20-17-,21-18-,28-25-,29-26-,30-27-,36-34-,37-35-,42-40-,43-41-,67-62-. The van der Waals surface area contributed by atoms with Gasteiger partial charge in [0.05, 0.1) is 26.4 Å². The molecule has 0 heterocycles. The van der Waals surface area contributed by atoms with Gasteiger partial charge in [0.2, 0.25) is 0 Å². The van der Waals surface area contributed by atoms with E-state index in [-0.39, 0.29) is 19.3 Å². The molecule has 0 spiro atoms. The summed E-state index contributed by atoms with van der Waals surface area (Å²) in [5, 5.41) is 20.8. The largest absolute Gasteiger partial charge is 0.472 e. The summed E-state index contributed by atoms with van der Waals surface area (Å²) in [7, 11) is -9.81. The van der Waals surface area contributed by atoms with Crippen molar-refractivity contribution < 1.29 is 75.8 Å². The summed E-state index contributed by atoms with van der Waals surface area (Å²) in [6.45, 7) is 2.57. The summed E-state index contributed by atoms with van der Waals surface area (Å²) < 4.78 is 61.6. The highest BCUT2D eigenvalue weighted by Gasteiger charge is 2.30. The Morgan fingerprint density at radius 2 is 0.438 bits per heavy atom. The number of phosphoric ester groups is 2. The zero-order chi connectivity index (χ0) is 87.9. The van der Waals surface area contributed by atoms with Crippen LogP contribution in [0.1, 0.15) is 432 Å². The normalized spacial score (nSPS) is 14.3. The molecule has 698 valence electrons. The van der Waals surface area contributed by atoms with Gasteiger partial charge in [-0.3, -0.25) is 32.5 Å². The number of carbonyl (C=O) groups is 3. The van der Waals surface area contributed by atoms with Crippen LogP contribution in [0.4, 0.5) is 0 Å². The maximum absolute atomic E-state index is 13.1. The molecule has 0 aromatic heterocycles. The number of aliphatic hydroxyl groups is 2. The van der Waals surface area contributed by atoms with Crippen molar-refractivity contribution in [1.29, 1.82) is 0 Å². The fourth-order valence-electron chi connectivity index (χ4n) is 13.6. The number of phosphoric acid groups is 2. The third kappa shape index (κ3) is 95.9. The molecule has 0 aliphatic heterocycles. The molecule has 0 saturated heterocycles. The number of hydrogen-bond donors (Lipinski definition) is 4. The van der Waals surface area contributed by atoms with Gasteiger partial charge in [0, 0.05) is 19.3 Å². The summed E-state index contributed by atoms with van der Waals surface area (Å²) in [5.41, 5.74) is 0. The molecule has 0 aliphatic rings. The first-order chi connectivity index (χ1) is 59.2. The second-order valence-electron chi connectivity index (χ2n) is 32.8. The van der Waals surface area contributed by atoms with Crippen molar-refractivity contribution >= 4 is 33.6 Å². The fourth-order valence-corrected chi connectivity index (χ4v) is 15.2. The second kappa shape index (κ2) is 94.6. The molecule has 0 fully saturated rings. The molecule has 0 saturated carbocycles. The van der Waals surface area contributed by atoms with Gasteiger partial charge < -0.3 is 34.2 Å². The molecule has 4 N–H and O–H groups in total. The topological polar surface area (TPSA) is 231 Å². The number of hydrogen-bond acceptors (Lipinski definition) is 14. The predicted octanol–water partition coefficient (Wildman–Crippen LogP) is 30.7. The van der Waals surface area contributed by atoms with E-state index in [2.05, 4.69) is 167 Å². The molecule has 0 radical (unpaired) electrons. The molecule has 0 amide bonds. The van der Waals surface area contributed by atoms with Crippen LogP contribution in [0.15, 0.2) is 146 Å². The van der Waals surface area contributed by atoms with Crippen LogP contribution in [-0.4, -0.2) is 95.9 Å². The van der Waals surface area contributed by atoms with Crippen LogP contribution in [0, 0.1) is 0 Å². The van der Waals surface area contributed by atoms with Gasteiger partial charge in [-0.25, -0.2) is 9.13 Å². The lowest BCUT2D eigenvalue weighted by atomic mass is 10.0. The van der Waals surface area contributed by atoms with E-state index in [9.17, 15) is 43.5 Å². The Morgan fingerprint density at radius 3 is 0.694 bits per heavy atom. The summed E-state index contributed by atoms with van der Waals surface area (Å²) in [4.78, 5) is 59.1. The number of unbranched alkanes of at least 4 members (excludes halogenated alkanes) is 46. The van der Waals surface area contributed by atoms with E-state index in [1.165, 1.54) is 225 Å². The minimum Gasteiger partial charge on any atom is -0.463 e. The van der Waals surface area contributed by atoms with Gasteiger partial charge in [0.25, 0.3) is 0 Å². The summed E-state index contributed by atoms with van der Waals surface area (Å²) in [6.07, 6.45) is 121. The van der Waals surface area contributed by atoms with E-state index in [0.29, 0.717) is 19.3 Å². The third-order valence-electron chi connectivity index (χ3n) is 21.0. The first kappa shape index (κ1) is 116. The Bertz CT molecular complexity index is 2780. The number of carbonyl (C=O) groups excluding carboxylic acids is 3. The predicted molar refractivity (Wildman–Crippen MR) is 509 cm³/mol. The van der Waals surface area contributed by atoms with Crippen molar-refractivity contribution in [2.24, 2.45) is 0 Å². The monoisotopic (exact) mass is 1740 g/mol. The zero-order valence-corrected chi connectivity index (χ0v) is 79.0. The average molecular weight is 1740 g/mol. The SMILES string of the molecule is CC/C=C\C/C=C\C/C=C\C/C=C\C/C=C\CCCCCCCCCCCCCCCCCCCCCC(=O)OCC(O)COP(=O)(O)OCC(O)COP(=O)(O)OCC(COC(=O)CCCCCCCCCCCCCCCCC/C=C\C/C=C\C/C=C\C/C=C\CCCCC)OC(=O)CCCCCCCC/C=C\C/C=C\C/C=C\CCCCC. The van der Waals surface area contributed by atoms with Crippen LogP contribution in [0.25, 0.3) is 0 Å². The van der Waals surface area contributed by atoms with Crippen LogP contribution in [-0.2, 0) is 55.8 Å². The molecule has 0 rings (SSSR count). The van der Waals surface area contributed by atoms with E-state index in [4.69, 9.17) is 32.3 Å². The fraction of sp³-hybridized carbons (Fsp3) is 0.738. The molecule has 5 atom stereocenters. The highest BCUT2D eigenvalue weighted by Crippen LogP contribution is 2.45. The van der Waals surface area contributed by atoms with Gasteiger partial charge in [-0.05, 0) is 148 Å². The van der Waals surface area contributed by atoms with Crippen molar-refractivity contribution in [3.05, 3.63) is 146 Å². The van der Waals surface area contributed by atoms with E-state index in [0.717, 1.165) is 148 Å². The molecule has 121 heavy (non-hydrogen) atoms. The Kier molecular flexibility index (Phi) is 91.0. The quantitative estimate of drug-likeness (QED) is 0.0146. The third-order valence-corrected chi connectivity index (χ3v) is 22.9. The number of rotatable bonds is 93. The highest BCUT2D eigenvalue weighted by atomic mass is 31.2. The maximum Gasteiger partial charge on any atom is 0.472 e. The Hall–Kier alpha value is -4.57. The van der Waals surface area contributed by atoms with E-state index < -0.39 is 91.5 Å². The summed E-state index contributed by atoms with van der Waals surface area (Å²) in [6, 6.07) is 0. The van der Waals surface area contributed by atoms with E-state index in [1.54, 1.807) is 0 Å². The van der Waals surface area contributed by atoms with Crippen LogP contribution in [0.3, 0.4) is 0 Å². The summed E-state index contributed by atoms with van der Waals surface area (Å²) >= 11 is 0. The van der Waals surface area contributed by atoms with Crippen LogP contribution >= 0.6 is 15.6 Å². The Balaban J connectivity index is 4.49. The lowest BCUT2D eigenvalue weighted by molar-refractivity contribution is -0.161. The van der Waals surface area contributed by atoms with Gasteiger partial charge in [0.15, 0.2) is 6.10 Å². The van der Waals surface area contributed by atoms with Crippen molar-refractivity contribution in [2.75, 3.05) is 39.6 Å². The van der Waals surface area contributed by atoms with Crippen molar-refractivity contribution in [3.63, 3.8) is 0 Å². The minimum absolute atomic E-state index is 0.0895. The number of esters is 3. The van der Waals surface area contributed by atoms with Gasteiger partial charge >= 0.3 is 33.6 Å². The molecular formula is C103H180O16P2. The Morgan fingerprint density at radius 1 is 0.240 bits per heavy atom. The minimum atomic E-state index is -4.95. The molecule has 18 heteroatoms. The number of ether oxygens (including phenoxy) is 3. The van der Waals surface area contributed by atoms with Crippen LogP contribution < -0.4 is 0 Å². The van der Waals surface area contributed by atoms with Crippen LogP contribution in [0.2, 0.25) is 0 Å². The van der Waals surface area contributed by atoms with Crippen LogP contribution in [0.5, 0.6) is 0 Å². The zero-order valence-electron chi connectivity index (χ0n) is 77.2. The van der Waals surface area contributed by atoms with Crippen molar-refractivity contribution in [3.8, 4) is 0 Å². The molecule has 0 aliphatic carbocycles. The molecule has 0 aromatic carbocycles. The average Bonchev–Trinajstić information content (AvgIpc) is 0.895. The van der Waals surface area contributed by atoms with Crippen molar-refractivity contribution in [2.45, 2.75) is 450 Å². The highest BCUT2D eigenvalue weighted by molar-refractivity contribution is 7.47. The second-order valence-corrected chi connectivity index (χ2v) is 35.7. The lowest BCUT2D eigenvalue weighted by Gasteiger charge is -2.21. The lowest BCUT2D eigenvalue weighted by Crippen LogP contribution is -2.30. The smallest absolute Gasteiger partial charge is 0.463 e. The van der Waals surface area contributed by atoms with Crippen molar-refractivity contribution in [1.82, 2.24) is 0 Å². The van der Waals surface area contributed by atoms with Gasteiger partial charge in [-0.2, -0.15) is 0 Å². The first-order valence-corrected chi connectivity index (χ1v) is 52.1. The molecule has 0 aromatic rings.